The van der Waals surface area contributed by atoms with Crippen LogP contribution in [0.5, 0.6) is 11.5 Å². The molecule has 7 heteroatoms. The zero-order valence-electron chi connectivity index (χ0n) is 14.9. The SMILES string of the molecule is COc1ccc(-c2nc(C)c(C(=O)NCCc3cccs3)s2)cc1OC. The van der Waals surface area contributed by atoms with E-state index >= 15 is 0 Å². The Kier molecular flexibility index (Phi) is 5.90. The van der Waals surface area contributed by atoms with Gasteiger partial charge in [-0.2, -0.15) is 0 Å². The Bertz CT molecular complexity index is 888. The van der Waals surface area contributed by atoms with Gasteiger partial charge in [-0.25, -0.2) is 4.98 Å². The molecule has 1 N–H and O–H groups in total. The summed E-state index contributed by atoms with van der Waals surface area (Å²) in [7, 11) is 3.20. The molecule has 0 saturated heterocycles. The van der Waals surface area contributed by atoms with Crippen molar-refractivity contribution in [1.82, 2.24) is 10.3 Å². The third-order valence-corrected chi connectivity index (χ3v) is 6.01. The average molecular weight is 389 g/mol. The number of hydrogen-bond donors (Lipinski definition) is 1. The Morgan fingerprint density at radius 1 is 1.19 bits per heavy atom. The minimum absolute atomic E-state index is 0.0803. The molecule has 0 saturated carbocycles. The number of hydrogen-bond acceptors (Lipinski definition) is 6. The lowest BCUT2D eigenvalue weighted by Gasteiger charge is -2.08. The van der Waals surface area contributed by atoms with Gasteiger partial charge in [-0.05, 0) is 43.0 Å². The second kappa shape index (κ2) is 8.33. The fourth-order valence-corrected chi connectivity index (χ4v) is 4.22. The van der Waals surface area contributed by atoms with E-state index in [2.05, 4.69) is 16.4 Å². The third kappa shape index (κ3) is 4.05. The molecule has 0 aliphatic carbocycles. The van der Waals surface area contributed by atoms with Gasteiger partial charge in [0.25, 0.3) is 5.91 Å². The lowest BCUT2D eigenvalue weighted by molar-refractivity contribution is 0.0957. The topological polar surface area (TPSA) is 60.5 Å². The molecule has 2 aromatic heterocycles. The smallest absolute Gasteiger partial charge is 0.263 e. The molecule has 3 aromatic rings. The van der Waals surface area contributed by atoms with Crippen LogP contribution in [0, 0.1) is 6.92 Å². The van der Waals surface area contributed by atoms with Gasteiger partial charge < -0.3 is 14.8 Å². The molecule has 0 aliphatic heterocycles. The van der Waals surface area contributed by atoms with Crippen LogP contribution in [0.4, 0.5) is 0 Å². The van der Waals surface area contributed by atoms with Crippen molar-refractivity contribution < 1.29 is 14.3 Å². The summed E-state index contributed by atoms with van der Waals surface area (Å²) in [5.74, 6) is 1.22. The van der Waals surface area contributed by atoms with Crippen LogP contribution >= 0.6 is 22.7 Å². The highest BCUT2D eigenvalue weighted by Crippen LogP contribution is 2.34. The van der Waals surface area contributed by atoms with Crippen LogP contribution in [0.15, 0.2) is 35.7 Å². The maximum Gasteiger partial charge on any atom is 0.263 e. The lowest BCUT2D eigenvalue weighted by Crippen LogP contribution is -2.25. The number of methoxy groups -OCH3 is 2. The molecule has 5 nitrogen and oxygen atoms in total. The maximum atomic E-state index is 12.5. The van der Waals surface area contributed by atoms with E-state index in [0.717, 1.165) is 22.7 Å². The standard InChI is InChI=1S/C19H20N2O3S2/c1-12-17(18(22)20-9-8-14-5-4-10-25-14)26-19(21-12)13-6-7-15(23-2)16(11-13)24-3/h4-7,10-11H,8-9H2,1-3H3,(H,20,22). The van der Waals surface area contributed by atoms with E-state index in [0.29, 0.717) is 22.9 Å². The maximum absolute atomic E-state index is 12.5. The predicted molar refractivity (Wildman–Crippen MR) is 106 cm³/mol. The fraction of sp³-hybridized carbons (Fsp3) is 0.263. The van der Waals surface area contributed by atoms with Crippen LogP contribution in [0.25, 0.3) is 10.6 Å². The lowest BCUT2D eigenvalue weighted by atomic mass is 10.2. The van der Waals surface area contributed by atoms with E-state index in [1.165, 1.54) is 16.2 Å². The van der Waals surface area contributed by atoms with Crippen molar-refractivity contribution in [3.8, 4) is 22.1 Å². The number of aromatic nitrogens is 1. The largest absolute Gasteiger partial charge is 0.493 e. The number of carbonyl (C=O) groups excluding carboxylic acids is 1. The van der Waals surface area contributed by atoms with Gasteiger partial charge in [-0.3, -0.25) is 4.79 Å². The Morgan fingerprint density at radius 2 is 2.00 bits per heavy atom. The van der Waals surface area contributed by atoms with Crippen molar-refractivity contribution in [2.24, 2.45) is 0 Å². The summed E-state index contributed by atoms with van der Waals surface area (Å²) in [5.41, 5.74) is 1.63. The summed E-state index contributed by atoms with van der Waals surface area (Å²) >= 11 is 3.08. The Hall–Kier alpha value is -2.38. The number of thiophene rings is 1. The molecule has 0 spiro atoms. The summed E-state index contributed by atoms with van der Waals surface area (Å²) in [6, 6.07) is 9.72. The van der Waals surface area contributed by atoms with E-state index in [4.69, 9.17) is 9.47 Å². The fourth-order valence-electron chi connectivity index (χ4n) is 2.53. The van der Waals surface area contributed by atoms with E-state index in [1.54, 1.807) is 25.6 Å². The first-order chi connectivity index (χ1) is 12.6. The molecule has 136 valence electrons. The van der Waals surface area contributed by atoms with E-state index < -0.39 is 0 Å². The normalized spacial score (nSPS) is 10.6. The highest BCUT2D eigenvalue weighted by atomic mass is 32.1. The van der Waals surface area contributed by atoms with Crippen LogP contribution in [0.3, 0.4) is 0 Å². The highest BCUT2D eigenvalue weighted by molar-refractivity contribution is 7.17. The monoisotopic (exact) mass is 388 g/mol. The van der Waals surface area contributed by atoms with Crippen LogP contribution < -0.4 is 14.8 Å². The molecule has 0 unspecified atom stereocenters. The second-order valence-corrected chi connectivity index (χ2v) is 7.62. The molecule has 1 aromatic carbocycles. The zero-order valence-corrected chi connectivity index (χ0v) is 16.5. The van der Waals surface area contributed by atoms with Crippen molar-refractivity contribution >= 4 is 28.6 Å². The molecule has 0 radical (unpaired) electrons. The molecular weight excluding hydrogens is 368 g/mol. The first kappa shape index (κ1) is 18.4. The molecule has 26 heavy (non-hydrogen) atoms. The highest BCUT2D eigenvalue weighted by Gasteiger charge is 2.17. The first-order valence-electron chi connectivity index (χ1n) is 8.12. The van der Waals surface area contributed by atoms with Crippen molar-refractivity contribution in [3.05, 3.63) is 51.2 Å². The van der Waals surface area contributed by atoms with Crippen molar-refractivity contribution in [3.63, 3.8) is 0 Å². The molecular formula is C19H20N2O3S2. The van der Waals surface area contributed by atoms with Gasteiger partial charge in [-0.15, -0.1) is 22.7 Å². The molecule has 3 rings (SSSR count). The molecule has 1 amide bonds. The van der Waals surface area contributed by atoms with Gasteiger partial charge in [0, 0.05) is 17.0 Å². The average Bonchev–Trinajstić information content (AvgIpc) is 3.30. The summed E-state index contributed by atoms with van der Waals surface area (Å²) in [6.45, 7) is 2.47. The van der Waals surface area contributed by atoms with Crippen LogP contribution in [-0.2, 0) is 6.42 Å². The van der Waals surface area contributed by atoms with E-state index in [9.17, 15) is 4.79 Å². The number of nitrogens with one attached hydrogen (secondary N) is 1. The van der Waals surface area contributed by atoms with E-state index in [-0.39, 0.29) is 5.91 Å². The minimum Gasteiger partial charge on any atom is -0.493 e. The molecule has 2 heterocycles. The molecule has 0 atom stereocenters. The molecule has 0 aliphatic rings. The summed E-state index contributed by atoms with van der Waals surface area (Å²) in [5, 5.41) is 5.80. The van der Waals surface area contributed by atoms with Gasteiger partial charge in [0.05, 0.1) is 19.9 Å². The Balaban J connectivity index is 1.73. The van der Waals surface area contributed by atoms with Crippen molar-refractivity contribution in [2.75, 3.05) is 20.8 Å². The molecule has 0 bridgehead atoms. The number of ether oxygens (including phenoxy) is 2. The first-order valence-corrected chi connectivity index (χ1v) is 9.82. The quantitative estimate of drug-likeness (QED) is 0.660. The van der Waals surface area contributed by atoms with Gasteiger partial charge in [0.15, 0.2) is 11.5 Å². The summed E-state index contributed by atoms with van der Waals surface area (Å²) < 4.78 is 10.6. The molecule has 0 fully saturated rings. The minimum atomic E-state index is -0.0803. The number of nitrogens with zero attached hydrogens (tertiary/aromatic N) is 1. The van der Waals surface area contributed by atoms with Crippen LogP contribution in [0.1, 0.15) is 20.2 Å². The van der Waals surface area contributed by atoms with Crippen molar-refractivity contribution in [2.45, 2.75) is 13.3 Å². The zero-order chi connectivity index (χ0) is 18.5. The van der Waals surface area contributed by atoms with Gasteiger partial charge in [-0.1, -0.05) is 6.07 Å². The number of carbonyl (C=O) groups is 1. The Morgan fingerprint density at radius 3 is 2.69 bits per heavy atom. The third-order valence-electron chi connectivity index (χ3n) is 3.87. The van der Waals surface area contributed by atoms with Crippen LogP contribution in [-0.4, -0.2) is 31.7 Å². The summed E-state index contributed by atoms with van der Waals surface area (Å²) in [4.78, 5) is 18.9. The van der Waals surface area contributed by atoms with Crippen molar-refractivity contribution in [1.29, 1.82) is 0 Å². The number of benzene rings is 1. The Labute approximate surface area is 160 Å². The van der Waals surface area contributed by atoms with Gasteiger partial charge >= 0.3 is 0 Å². The number of aryl methyl sites for hydroxylation is 1. The second-order valence-electron chi connectivity index (χ2n) is 5.59. The predicted octanol–water partition coefficient (Wildman–Crippen LogP) is 4.17. The van der Waals surface area contributed by atoms with E-state index in [1.807, 2.05) is 36.6 Å². The summed E-state index contributed by atoms with van der Waals surface area (Å²) in [6.07, 6.45) is 0.837. The number of thiazole rings is 1. The van der Waals surface area contributed by atoms with Crippen LogP contribution in [0.2, 0.25) is 0 Å². The van der Waals surface area contributed by atoms with Gasteiger partial charge in [0.1, 0.15) is 9.88 Å². The number of amides is 1. The number of rotatable bonds is 7. The van der Waals surface area contributed by atoms with Gasteiger partial charge in [0.2, 0.25) is 0 Å².